The third-order valence-corrected chi connectivity index (χ3v) is 6.26. The lowest BCUT2D eigenvalue weighted by atomic mass is 10.0. The molecule has 0 fully saturated rings. The van der Waals surface area contributed by atoms with Crippen LogP contribution in [0.15, 0.2) is 78.9 Å². The van der Waals surface area contributed by atoms with Gasteiger partial charge < -0.3 is 9.88 Å². The molecule has 35 heavy (non-hydrogen) atoms. The van der Waals surface area contributed by atoms with Crippen LogP contribution in [0, 0.1) is 12.7 Å². The fourth-order valence-corrected chi connectivity index (χ4v) is 4.44. The lowest BCUT2D eigenvalue weighted by Crippen LogP contribution is -2.31. The van der Waals surface area contributed by atoms with Crippen LogP contribution in [0.2, 0.25) is 0 Å². The minimum Gasteiger partial charge on any atom is -0.344 e. The van der Waals surface area contributed by atoms with Crippen molar-refractivity contribution in [1.29, 1.82) is 0 Å². The summed E-state index contributed by atoms with van der Waals surface area (Å²) in [6.07, 6.45) is 2.85. The predicted molar refractivity (Wildman–Crippen MR) is 140 cm³/mol. The van der Waals surface area contributed by atoms with Crippen molar-refractivity contribution in [2.45, 2.75) is 52.6 Å². The number of halogens is 1. The highest BCUT2D eigenvalue weighted by Crippen LogP contribution is 2.32. The van der Waals surface area contributed by atoms with Crippen LogP contribution in [0.4, 0.5) is 4.39 Å². The van der Waals surface area contributed by atoms with Crippen LogP contribution in [0.5, 0.6) is 0 Å². The molecule has 0 radical (unpaired) electrons. The fourth-order valence-electron chi connectivity index (χ4n) is 4.44. The van der Waals surface area contributed by atoms with Gasteiger partial charge in [0.25, 0.3) is 5.91 Å². The van der Waals surface area contributed by atoms with E-state index >= 15 is 4.39 Å². The number of imidazole rings is 1. The first-order valence-corrected chi connectivity index (χ1v) is 12.3. The zero-order valence-corrected chi connectivity index (χ0v) is 20.6. The van der Waals surface area contributed by atoms with Gasteiger partial charge in [0, 0.05) is 17.7 Å². The van der Waals surface area contributed by atoms with Gasteiger partial charge >= 0.3 is 0 Å². The second kappa shape index (κ2) is 11.1. The Hall–Kier alpha value is -3.73. The number of carbonyl (C=O) groups excluding carboxylic acids is 1. The Bertz CT molecular complexity index is 1280. The summed E-state index contributed by atoms with van der Waals surface area (Å²) in [5.74, 6) is 0.0181. The number of rotatable bonds is 9. The van der Waals surface area contributed by atoms with Crippen LogP contribution in [0.3, 0.4) is 0 Å². The van der Waals surface area contributed by atoms with Gasteiger partial charge in [0.15, 0.2) is 0 Å². The molecule has 0 saturated heterocycles. The molecular formula is C30H32FN3O. The Morgan fingerprint density at radius 2 is 1.69 bits per heavy atom. The molecule has 0 aliphatic carbocycles. The summed E-state index contributed by atoms with van der Waals surface area (Å²) in [5.41, 5.74) is 3.83. The van der Waals surface area contributed by atoms with Crippen LogP contribution in [0.1, 0.15) is 60.8 Å². The van der Waals surface area contributed by atoms with Crippen LogP contribution < -0.4 is 5.32 Å². The van der Waals surface area contributed by atoms with Crippen molar-refractivity contribution in [3.05, 3.63) is 102 Å². The van der Waals surface area contributed by atoms with Crippen LogP contribution in [-0.2, 0) is 6.54 Å². The molecule has 0 bridgehead atoms. The van der Waals surface area contributed by atoms with Crippen molar-refractivity contribution in [3.63, 3.8) is 0 Å². The number of hydrogen-bond donors (Lipinski definition) is 1. The first-order chi connectivity index (χ1) is 17.0. The molecule has 0 spiro atoms. The third kappa shape index (κ3) is 5.35. The van der Waals surface area contributed by atoms with E-state index in [4.69, 9.17) is 4.98 Å². The molecule has 0 aliphatic heterocycles. The number of aromatic nitrogens is 2. The summed E-state index contributed by atoms with van der Waals surface area (Å²) in [6.45, 7) is 6.49. The molecule has 1 heterocycles. The van der Waals surface area contributed by atoms with Crippen molar-refractivity contribution in [1.82, 2.24) is 14.9 Å². The highest BCUT2D eigenvalue weighted by Gasteiger charge is 2.27. The maximum absolute atomic E-state index is 15.1. The second-order valence-corrected chi connectivity index (χ2v) is 8.81. The SMILES string of the molecule is CCCCC(NC(=O)c1c(-c2ccc(C)cc2F)nc(-c2ccccc2)n1CC)c1ccccc1. The number of hydrogen-bond acceptors (Lipinski definition) is 2. The molecule has 4 aromatic rings. The third-order valence-electron chi connectivity index (χ3n) is 6.26. The monoisotopic (exact) mass is 469 g/mol. The van der Waals surface area contributed by atoms with Crippen molar-refractivity contribution < 1.29 is 9.18 Å². The largest absolute Gasteiger partial charge is 0.344 e. The Labute approximate surface area is 206 Å². The molecule has 1 amide bonds. The van der Waals surface area contributed by atoms with E-state index in [1.165, 1.54) is 6.07 Å². The summed E-state index contributed by atoms with van der Waals surface area (Å²) in [7, 11) is 0. The molecule has 3 aromatic carbocycles. The molecule has 4 nitrogen and oxygen atoms in total. The first kappa shape index (κ1) is 24.4. The molecule has 1 unspecified atom stereocenters. The van der Waals surface area contributed by atoms with E-state index in [-0.39, 0.29) is 17.8 Å². The van der Waals surface area contributed by atoms with Crippen LogP contribution >= 0.6 is 0 Å². The maximum Gasteiger partial charge on any atom is 0.270 e. The van der Waals surface area contributed by atoms with Crippen LogP contribution in [0.25, 0.3) is 22.6 Å². The van der Waals surface area contributed by atoms with E-state index in [0.717, 1.165) is 36.0 Å². The fraction of sp³-hybridized carbons (Fsp3) is 0.267. The topological polar surface area (TPSA) is 46.9 Å². The standard InChI is InChI=1S/C30H32FN3O/c1-4-6-17-26(22-13-9-7-10-14-22)32-30(35)28-27(24-19-18-21(3)20-25(24)31)33-29(34(28)5-2)23-15-11-8-12-16-23/h7-16,18-20,26H,4-6,17H2,1-3H3,(H,32,35). The predicted octanol–water partition coefficient (Wildman–Crippen LogP) is 7.35. The maximum atomic E-state index is 15.1. The van der Waals surface area contributed by atoms with Crippen molar-refractivity contribution >= 4 is 5.91 Å². The second-order valence-electron chi connectivity index (χ2n) is 8.81. The Morgan fingerprint density at radius 1 is 1.00 bits per heavy atom. The van der Waals surface area contributed by atoms with Gasteiger partial charge in [0.1, 0.15) is 23.0 Å². The average molecular weight is 470 g/mol. The van der Waals surface area contributed by atoms with E-state index in [1.54, 1.807) is 6.07 Å². The molecular weight excluding hydrogens is 437 g/mol. The van der Waals surface area contributed by atoms with Gasteiger partial charge in [-0.3, -0.25) is 4.79 Å². The van der Waals surface area contributed by atoms with E-state index in [0.29, 0.717) is 29.3 Å². The number of benzene rings is 3. The minimum atomic E-state index is -0.384. The summed E-state index contributed by atoms with van der Waals surface area (Å²) in [6, 6.07) is 24.6. The summed E-state index contributed by atoms with van der Waals surface area (Å²) in [4.78, 5) is 18.7. The van der Waals surface area contributed by atoms with Gasteiger partial charge in [-0.2, -0.15) is 0 Å². The summed E-state index contributed by atoms with van der Waals surface area (Å²) < 4.78 is 17.0. The van der Waals surface area contributed by atoms with Gasteiger partial charge in [0.05, 0.1) is 6.04 Å². The minimum absolute atomic E-state index is 0.139. The highest BCUT2D eigenvalue weighted by atomic mass is 19.1. The summed E-state index contributed by atoms with van der Waals surface area (Å²) in [5, 5.41) is 3.24. The normalized spacial score (nSPS) is 11.9. The van der Waals surface area contributed by atoms with Gasteiger partial charge in [-0.15, -0.1) is 0 Å². The number of carbonyl (C=O) groups is 1. The number of aryl methyl sites for hydroxylation is 1. The Morgan fingerprint density at radius 3 is 2.31 bits per heavy atom. The first-order valence-electron chi connectivity index (χ1n) is 12.3. The lowest BCUT2D eigenvalue weighted by molar-refractivity contribution is 0.0925. The van der Waals surface area contributed by atoms with E-state index in [1.807, 2.05) is 85.1 Å². The number of unbranched alkanes of at least 4 members (excludes halogenated alkanes) is 1. The molecule has 1 N–H and O–H groups in total. The zero-order chi connectivity index (χ0) is 24.8. The summed E-state index contributed by atoms with van der Waals surface area (Å²) >= 11 is 0. The molecule has 1 aromatic heterocycles. The Kier molecular flexibility index (Phi) is 7.76. The molecule has 180 valence electrons. The van der Waals surface area contributed by atoms with Crippen molar-refractivity contribution in [3.8, 4) is 22.6 Å². The number of amides is 1. The quantitative estimate of drug-likeness (QED) is 0.279. The zero-order valence-electron chi connectivity index (χ0n) is 20.6. The average Bonchev–Trinajstić information content (AvgIpc) is 3.27. The van der Waals surface area contributed by atoms with Gasteiger partial charge in [0.2, 0.25) is 0 Å². The van der Waals surface area contributed by atoms with Crippen molar-refractivity contribution in [2.75, 3.05) is 0 Å². The van der Waals surface area contributed by atoms with E-state index in [9.17, 15) is 4.79 Å². The van der Waals surface area contributed by atoms with Gasteiger partial charge in [-0.1, -0.05) is 86.5 Å². The lowest BCUT2D eigenvalue weighted by Gasteiger charge is -2.20. The smallest absolute Gasteiger partial charge is 0.270 e. The van der Waals surface area contributed by atoms with E-state index < -0.39 is 0 Å². The molecule has 1 atom stereocenters. The van der Waals surface area contributed by atoms with Crippen molar-refractivity contribution in [2.24, 2.45) is 0 Å². The van der Waals surface area contributed by atoms with Gasteiger partial charge in [-0.05, 0) is 43.5 Å². The Balaban J connectivity index is 1.84. The molecule has 0 aliphatic rings. The highest BCUT2D eigenvalue weighted by molar-refractivity contribution is 6.00. The van der Waals surface area contributed by atoms with Crippen LogP contribution in [-0.4, -0.2) is 15.5 Å². The molecule has 0 saturated carbocycles. The van der Waals surface area contributed by atoms with E-state index in [2.05, 4.69) is 12.2 Å². The number of nitrogens with one attached hydrogen (secondary N) is 1. The van der Waals surface area contributed by atoms with Gasteiger partial charge in [-0.25, -0.2) is 9.37 Å². The molecule has 5 heteroatoms. The molecule has 4 rings (SSSR count). The number of nitrogens with zero attached hydrogens (tertiary/aromatic N) is 2.